The molecule has 2 fully saturated rings. The summed E-state index contributed by atoms with van der Waals surface area (Å²) in [6.07, 6.45) is 14.2. The van der Waals surface area contributed by atoms with Crippen molar-refractivity contribution >= 4 is 24.3 Å². The summed E-state index contributed by atoms with van der Waals surface area (Å²) in [7, 11) is 1.57. The Morgan fingerprint density at radius 2 is 1.60 bits per heavy atom. The molecule has 1 aromatic carbocycles. The molecule has 2 bridgehead atoms. The second kappa shape index (κ2) is 14.2. The fraction of sp³-hybridized carbons (Fsp3) is 0.710. The Kier molecular flexibility index (Phi) is 11.7. The number of methoxy groups -OCH3 is 1. The van der Waals surface area contributed by atoms with E-state index < -0.39 is 18.4 Å². The predicted molar refractivity (Wildman–Crippen MR) is 152 cm³/mol. The zero-order chi connectivity index (χ0) is 25.3. The summed E-state index contributed by atoms with van der Waals surface area (Å²) >= 11 is -2.27. The van der Waals surface area contributed by atoms with Crippen molar-refractivity contribution in [3.8, 4) is 0 Å². The van der Waals surface area contributed by atoms with Gasteiger partial charge in [0.05, 0.1) is 0 Å². The average molecular weight is 588 g/mol. The third kappa shape index (κ3) is 7.37. The summed E-state index contributed by atoms with van der Waals surface area (Å²) in [6.45, 7) is 10.2. The Morgan fingerprint density at radius 3 is 2.14 bits per heavy atom. The molecule has 0 aliphatic carbocycles. The average Bonchev–Trinajstić information content (AvgIpc) is 3.15. The van der Waals surface area contributed by atoms with Gasteiger partial charge in [-0.15, -0.1) is 0 Å². The van der Waals surface area contributed by atoms with Gasteiger partial charge in [0.1, 0.15) is 0 Å². The van der Waals surface area contributed by atoms with Gasteiger partial charge < -0.3 is 0 Å². The fourth-order valence-electron chi connectivity index (χ4n) is 6.85. The van der Waals surface area contributed by atoms with Crippen LogP contribution < -0.4 is 0 Å². The first-order valence-electron chi connectivity index (χ1n) is 14.6. The third-order valence-electron chi connectivity index (χ3n) is 8.92. The molecule has 35 heavy (non-hydrogen) atoms. The van der Waals surface area contributed by atoms with Crippen LogP contribution in [-0.4, -0.2) is 55.0 Å². The van der Waals surface area contributed by atoms with Crippen LogP contribution in [0.1, 0.15) is 95.6 Å². The van der Waals surface area contributed by atoms with E-state index in [1.807, 2.05) is 0 Å². The van der Waals surface area contributed by atoms with Crippen LogP contribution in [-0.2, 0) is 9.53 Å². The maximum absolute atomic E-state index is 13.1. The fourth-order valence-corrected chi connectivity index (χ4v) is 21.2. The van der Waals surface area contributed by atoms with E-state index in [2.05, 4.69) is 67.0 Å². The summed E-state index contributed by atoms with van der Waals surface area (Å²) in [5, 5.41) is 0. The second-order valence-electron chi connectivity index (χ2n) is 11.4. The quantitative estimate of drug-likeness (QED) is 0.163. The number of nitrogens with zero attached hydrogens (tertiary/aromatic N) is 1. The number of benzene rings is 1. The van der Waals surface area contributed by atoms with E-state index >= 15 is 0 Å². The van der Waals surface area contributed by atoms with Crippen molar-refractivity contribution in [2.24, 2.45) is 5.92 Å². The van der Waals surface area contributed by atoms with Crippen molar-refractivity contribution in [3.05, 3.63) is 45.6 Å². The van der Waals surface area contributed by atoms with E-state index in [-0.39, 0.29) is 17.8 Å². The van der Waals surface area contributed by atoms with E-state index in [1.54, 1.807) is 7.11 Å². The number of fused-ring (bicyclic) bond motifs is 2. The molecule has 2 heterocycles. The van der Waals surface area contributed by atoms with Crippen LogP contribution in [0.2, 0.25) is 13.3 Å². The first-order valence-corrected chi connectivity index (χ1v) is 22.3. The van der Waals surface area contributed by atoms with E-state index in [1.165, 1.54) is 69.4 Å². The van der Waals surface area contributed by atoms with Crippen LogP contribution >= 0.6 is 0 Å². The number of ether oxygens (including phenoxy) is 1. The molecule has 0 N–H and O–H groups in total. The SMILES string of the molecule is CCC[CH2][Sn](/[CH]=C/CN1C2CCC1C(C(=O)OC)C(c1ccc(C)cc1)C2)([CH2]CCC)[CH2]CCC. The third-order valence-corrected chi connectivity index (χ3v) is 23.2. The van der Waals surface area contributed by atoms with Crippen LogP contribution in [0.4, 0.5) is 0 Å². The van der Waals surface area contributed by atoms with Gasteiger partial charge in [-0.3, -0.25) is 0 Å². The van der Waals surface area contributed by atoms with Crippen LogP contribution in [0.3, 0.4) is 0 Å². The van der Waals surface area contributed by atoms with Crippen LogP contribution in [0.25, 0.3) is 0 Å². The number of hydrogen-bond donors (Lipinski definition) is 0. The van der Waals surface area contributed by atoms with E-state index in [4.69, 9.17) is 4.74 Å². The van der Waals surface area contributed by atoms with Gasteiger partial charge in [-0.25, -0.2) is 0 Å². The Balaban J connectivity index is 1.79. The van der Waals surface area contributed by atoms with Gasteiger partial charge in [-0.1, -0.05) is 0 Å². The van der Waals surface area contributed by atoms with Crippen molar-refractivity contribution in [3.63, 3.8) is 0 Å². The van der Waals surface area contributed by atoms with Gasteiger partial charge in [0.2, 0.25) is 0 Å². The number of aryl methyl sites for hydroxylation is 1. The summed E-state index contributed by atoms with van der Waals surface area (Å²) in [4.78, 5) is 15.8. The number of piperidine rings is 1. The standard InChI is InChI=1S/C19H24NO2.3C4H9.Sn/c1-4-11-20-15-9-10-17(20)18(19(21)22-3)16(12-15)14-7-5-13(2)6-8-14;3*1-3-4-2;/h1,4-8,15-18H,9-12H2,2-3H3;3*1,3-4H2,2H3;. The molecule has 0 saturated carbocycles. The van der Waals surface area contributed by atoms with Gasteiger partial charge in [0, 0.05) is 0 Å². The number of rotatable bonds is 14. The normalized spacial score (nSPS) is 24.8. The maximum atomic E-state index is 13.1. The molecule has 2 aliphatic heterocycles. The summed E-state index contributed by atoms with van der Waals surface area (Å²) in [6, 6.07) is 9.75. The Hall–Kier alpha value is -0.811. The summed E-state index contributed by atoms with van der Waals surface area (Å²) in [5.74, 6) is 0.207. The first-order chi connectivity index (χ1) is 17.0. The minimum absolute atomic E-state index is 0.0164. The van der Waals surface area contributed by atoms with Crippen molar-refractivity contribution in [2.75, 3.05) is 13.7 Å². The monoisotopic (exact) mass is 589 g/mol. The topological polar surface area (TPSA) is 29.5 Å². The van der Waals surface area contributed by atoms with Crippen molar-refractivity contribution in [1.29, 1.82) is 0 Å². The Labute approximate surface area is 220 Å². The Bertz CT molecular complexity index is 783. The van der Waals surface area contributed by atoms with Gasteiger partial charge in [-0.05, 0) is 0 Å². The van der Waals surface area contributed by atoms with Crippen LogP contribution in [0.5, 0.6) is 0 Å². The van der Waals surface area contributed by atoms with Crippen molar-refractivity contribution in [2.45, 2.75) is 117 Å². The molecule has 0 spiro atoms. The zero-order valence-electron chi connectivity index (χ0n) is 23.2. The Morgan fingerprint density at radius 1 is 1.00 bits per heavy atom. The molecule has 3 nitrogen and oxygen atoms in total. The number of carbonyl (C=O) groups excluding carboxylic acids is 1. The number of esters is 1. The summed E-state index contributed by atoms with van der Waals surface area (Å²) in [5.41, 5.74) is 2.59. The van der Waals surface area contributed by atoms with Gasteiger partial charge in [-0.2, -0.15) is 0 Å². The molecule has 4 unspecified atom stereocenters. The molecule has 196 valence electrons. The van der Waals surface area contributed by atoms with Gasteiger partial charge in [0.25, 0.3) is 0 Å². The predicted octanol–water partition coefficient (Wildman–Crippen LogP) is 8.05. The molecule has 0 aromatic heterocycles. The number of unbranched alkanes of at least 4 members (excludes halogenated alkanes) is 3. The molecule has 1 aromatic rings. The minimum atomic E-state index is -2.27. The van der Waals surface area contributed by atoms with Crippen LogP contribution in [0.15, 0.2) is 34.4 Å². The summed E-state index contributed by atoms with van der Waals surface area (Å²) < 4.78 is 12.8. The molecule has 3 rings (SSSR count). The molecule has 0 radical (unpaired) electrons. The van der Waals surface area contributed by atoms with Crippen molar-refractivity contribution < 1.29 is 9.53 Å². The molecule has 2 aliphatic rings. The molecular weight excluding hydrogens is 537 g/mol. The molecule has 4 atom stereocenters. The van der Waals surface area contributed by atoms with E-state index in [9.17, 15) is 4.79 Å². The van der Waals surface area contributed by atoms with Crippen LogP contribution in [0, 0.1) is 12.8 Å². The molecule has 4 heteroatoms. The van der Waals surface area contributed by atoms with Gasteiger partial charge >= 0.3 is 221 Å². The van der Waals surface area contributed by atoms with Crippen molar-refractivity contribution in [1.82, 2.24) is 4.90 Å². The van der Waals surface area contributed by atoms with E-state index in [0.29, 0.717) is 12.1 Å². The molecule has 0 amide bonds. The first kappa shape index (κ1) is 28.8. The number of carbonyl (C=O) groups is 1. The van der Waals surface area contributed by atoms with E-state index in [0.717, 1.165) is 19.4 Å². The zero-order valence-corrected chi connectivity index (χ0v) is 26.1. The second-order valence-corrected chi connectivity index (χ2v) is 24.4. The number of hydrogen-bond acceptors (Lipinski definition) is 3. The molecule has 2 saturated heterocycles. The molecular formula is C31H51NO2Sn. The van der Waals surface area contributed by atoms with Gasteiger partial charge in [0.15, 0.2) is 0 Å².